The van der Waals surface area contributed by atoms with Crippen LogP contribution in [-0.4, -0.2) is 11.0 Å². The molecule has 0 bridgehead atoms. The lowest BCUT2D eigenvalue weighted by molar-refractivity contribution is -0.115. The summed E-state index contributed by atoms with van der Waals surface area (Å²) in [7, 11) is 0. The molecule has 0 aliphatic rings. The Morgan fingerprint density at radius 3 is 2.21 bits per heavy atom. The maximum Gasteiger partial charge on any atom is 0.228 e. The molecule has 1 amide bonds. The summed E-state index contributed by atoms with van der Waals surface area (Å²) in [6.07, 6.45) is 0.300. The number of para-hydroxylation sites is 1. The summed E-state index contributed by atoms with van der Waals surface area (Å²) in [5.41, 5.74) is 3.87. The SMILES string of the molecule is Cc1cccc(C)c1NC(=O)Cc1ccc(O)cc1. The van der Waals surface area contributed by atoms with Crippen molar-refractivity contribution in [2.75, 3.05) is 5.32 Å². The molecular weight excluding hydrogens is 238 g/mol. The summed E-state index contributed by atoms with van der Waals surface area (Å²) in [4.78, 5) is 12.0. The van der Waals surface area contributed by atoms with Crippen LogP contribution >= 0.6 is 0 Å². The second-order valence-electron chi connectivity index (χ2n) is 4.66. The highest BCUT2D eigenvalue weighted by Gasteiger charge is 2.08. The molecule has 2 aromatic carbocycles. The van der Waals surface area contributed by atoms with Crippen molar-refractivity contribution in [1.29, 1.82) is 0 Å². The Balaban J connectivity index is 2.07. The van der Waals surface area contributed by atoms with E-state index in [0.29, 0.717) is 6.42 Å². The number of carbonyl (C=O) groups excluding carboxylic acids is 1. The van der Waals surface area contributed by atoms with Crippen LogP contribution in [0.5, 0.6) is 5.75 Å². The predicted octanol–water partition coefficient (Wildman–Crippen LogP) is 3.19. The molecule has 0 atom stereocenters. The fourth-order valence-corrected chi connectivity index (χ4v) is 1.99. The van der Waals surface area contributed by atoms with Crippen molar-refractivity contribution in [3.63, 3.8) is 0 Å². The van der Waals surface area contributed by atoms with Crippen LogP contribution in [0.4, 0.5) is 5.69 Å². The molecule has 0 radical (unpaired) electrons. The standard InChI is InChI=1S/C16H17NO2/c1-11-4-3-5-12(2)16(11)17-15(19)10-13-6-8-14(18)9-7-13/h3-9,18H,10H2,1-2H3,(H,17,19). The van der Waals surface area contributed by atoms with Crippen LogP contribution in [0.3, 0.4) is 0 Å². The minimum Gasteiger partial charge on any atom is -0.508 e. The number of phenolic OH excluding ortho intramolecular Hbond substituents is 1. The van der Waals surface area contributed by atoms with E-state index in [4.69, 9.17) is 0 Å². The van der Waals surface area contributed by atoms with E-state index in [1.165, 1.54) is 0 Å². The zero-order chi connectivity index (χ0) is 13.8. The number of carbonyl (C=O) groups is 1. The number of anilines is 1. The van der Waals surface area contributed by atoms with E-state index >= 15 is 0 Å². The molecule has 2 N–H and O–H groups in total. The Labute approximate surface area is 112 Å². The van der Waals surface area contributed by atoms with Gasteiger partial charge in [0, 0.05) is 5.69 Å². The quantitative estimate of drug-likeness (QED) is 0.885. The van der Waals surface area contributed by atoms with Gasteiger partial charge in [-0.15, -0.1) is 0 Å². The number of rotatable bonds is 3. The summed E-state index contributed by atoms with van der Waals surface area (Å²) in [6.45, 7) is 3.95. The van der Waals surface area contributed by atoms with Gasteiger partial charge in [-0.1, -0.05) is 30.3 Å². The second kappa shape index (κ2) is 5.57. The molecule has 2 aromatic rings. The number of aromatic hydroxyl groups is 1. The van der Waals surface area contributed by atoms with Gasteiger partial charge in [-0.3, -0.25) is 4.79 Å². The average Bonchev–Trinajstić information content (AvgIpc) is 2.37. The molecule has 0 saturated heterocycles. The van der Waals surface area contributed by atoms with Gasteiger partial charge in [-0.05, 0) is 42.7 Å². The molecule has 0 aliphatic heterocycles. The summed E-state index contributed by atoms with van der Waals surface area (Å²) >= 11 is 0. The Morgan fingerprint density at radius 2 is 1.63 bits per heavy atom. The van der Waals surface area contributed by atoms with Crippen molar-refractivity contribution in [2.45, 2.75) is 20.3 Å². The molecule has 2 rings (SSSR count). The van der Waals surface area contributed by atoms with Crippen LogP contribution in [0.1, 0.15) is 16.7 Å². The van der Waals surface area contributed by atoms with Gasteiger partial charge in [0.2, 0.25) is 5.91 Å². The molecular formula is C16H17NO2. The third-order valence-electron chi connectivity index (χ3n) is 3.05. The largest absolute Gasteiger partial charge is 0.508 e. The Kier molecular flexibility index (Phi) is 3.85. The topological polar surface area (TPSA) is 49.3 Å². The normalized spacial score (nSPS) is 10.2. The fraction of sp³-hybridized carbons (Fsp3) is 0.188. The van der Waals surface area contributed by atoms with Crippen molar-refractivity contribution >= 4 is 11.6 Å². The van der Waals surface area contributed by atoms with E-state index < -0.39 is 0 Å². The summed E-state index contributed by atoms with van der Waals surface area (Å²) in [5, 5.41) is 12.1. The van der Waals surface area contributed by atoms with E-state index in [1.807, 2.05) is 32.0 Å². The number of hydrogen-bond donors (Lipinski definition) is 2. The number of amides is 1. The van der Waals surface area contributed by atoms with Gasteiger partial charge in [0.15, 0.2) is 0 Å². The molecule has 3 nitrogen and oxygen atoms in total. The lowest BCUT2D eigenvalue weighted by Gasteiger charge is -2.11. The zero-order valence-corrected chi connectivity index (χ0v) is 11.1. The highest BCUT2D eigenvalue weighted by Crippen LogP contribution is 2.19. The summed E-state index contributed by atoms with van der Waals surface area (Å²) in [6, 6.07) is 12.6. The van der Waals surface area contributed by atoms with Crippen molar-refractivity contribution < 1.29 is 9.90 Å². The summed E-state index contributed by atoms with van der Waals surface area (Å²) < 4.78 is 0. The molecule has 0 fully saturated rings. The van der Waals surface area contributed by atoms with Gasteiger partial charge in [0.25, 0.3) is 0 Å². The first-order valence-electron chi connectivity index (χ1n) is 6.20. The maximum atomic E-state index is 12.0. The van der Waals surface area contributed by atoms with Gasteiger partial charge in [0.05, 0.1) is 6.42 Å². The van der Waals surface area contributed by atoms with E-state index in [0.717, 1.165) is 22.4 Å². The van der Waals surface area contributed by atoms with Gasteiger partial charge in [-0.25, -0.2) is 0 Å². The van der Waals surface area contributed by atoms with Crippen molar-refractivity contribution in [1.82, 2.24) is 0 Å². The molecule has 0 unspecified atom stereocenters. The minimum atomic E-state index is -0.0527. The monoisotopic (exact) mass is 255 g/mol. The molecule has 0 aliphatic carbocycles. The van der Waals surface area contributed by atoms with Crippen LogP contribution < -0.4 is 5.32 Å². The lowest BCUT2D eigenvalue weighted by atomic mass is 10.1. The third kappa shape index (κ3) is 3.35. The number of benzene rings is 2. The molecule has 98 valence electrons. The second-order valence-corrected chi connectivity index (χ2v) is 4.66. The van der Waals surface area contributed by atoms with Crippen LogP contribution in [0.2, 0.25) is 0 Å². The highest BCUT2D eigenvalue weighted by atomic mass is 16.3. The molecule has 0 aromatic heterocycles. The van der Waals surface area contributed by atoms with Crippen LogP contribution in [0.15, 0.2) is 42.5 Å². The van der Waals surface area contributed by atoms with E-state index in [-0.39, 0.29) is 11.7 Å². The first-order valence-corrected chi connectivity index (χ1v) is 6.20. The number of hydrogen-bond acceptors (Lipinski definition) is 2. The van der Waals surface area contributed by atoms with Crippen molar-refractivity contribution in [3.05, 3.63) is 59.2 Å². The number of nitrogens with one attached hydrogen (secondary N) is 1. The minimum absolute atomic E-state index is 0.0527. The summed E-state index contributed by atoms with van der Waals surface area (Å²) in [5.74, 6) is 0.155. The van der Waals surface area contributed by atoms with Crippen LogP contribution in [-0.2, 0) is 11.2 Å². The van der Waals surface area contributed by atoms with Crippen molar-refractivity contribution in [2.24, 2.45) is 0 Å². The fourth-order valence-electron chi connectivity index (χ4n) is 1.99. The molecule has 19 heavy (non-hydrogen) atoms. The molecule has 3 heteroatoms. The average molecular weight is 255 g/mol. The van der Waals surface area contributed by atoms with Crippen LogP contribution in [0, 0.1) is 13.8 Å². The lowest BCUT2D eigenvalue weighted by Crippen LogP contribution is -2.15. The molecule has 0 heterocycles. The maximum absolute atomic E-state index is 12.0. The van der Waals surface area contributed by atoms with E-state index in [2.05, 4.69) is 5.32 Å². The Hall–Kier alpha value is -2.29. The van der Waals surface area contributed by atoms with Gasteiger partial charge in [-0.2, -0.15) is 0 Å². The van der Waals surface area contributed by atoms with Gasteiger partial charge >= 0.3 is 0 Å². The highest BCUT2D eigenvalue weighted by molar-refractivity contribution is 5.93. The first kappa shape index (κ1) is 13.1. The number of phenols is 1. The Morgan fingerprint density at radius 1 is 1.05 bits per heavy atom. The van der Waals surface area contributed by atoms with Gasteiger partial charge in [0.1, 0.15) is 5.75 Å². The van der Waals surface area contributed by atoms with E-state index in [1.54, 1.807) is 24.3 Å². The smallest absolute Gasteiger partial charge is 0.228 e. The predicted molar refractivity (Wildman–Crippen MR) is 76.4 cm³/mol. The third-order valence-corrected chi connectivity index (χ3v) is 3.05. The van der Waals surface area contributed by atoms with Crippen molar-refractivity contribution in [3.8, 4) is 5.75 Å². The number of aryl methyl sites for hydroxylation is 2. The zero-order valence-electron chi connectivity index (χ0n) is 11.1. The van der Waals surface area contributed by atoms with Gasteiger partial charge < -0.3 is 10.4 Å². The first-order chi connectivity index (χ1) is 9.06. The van der Waals surface area contributed by atoms with Crippen LogP contribution in [0.25, 0.3) is 0 Å². The van der Waals surface area contributed by atoms with E-state index in [9.17, 15) is 9.90 Å². The molecule has 0 spiro atoms. The molecule has 0 saturated carbocycles. The Bertz CT molecular complexity index is 568.